The molecule has 1 amide bonds. The molecular formula is C25H22ClN3O5. The lowest BCUT2D eigenvalue weighted by atomic mass is 10.1. The highest BCUT2D eigenvalue weighted by atomic mass is 35.5. The standard InChI is InChI=1S/C25H22ClN3O5/c1-14-23-19(15(13-30)12-27-14)11-20(24(31)29-21-9-16(26)7-8-22(21)33-3)25(34-23)28-17-5-4-6-18(10-17)32-2/h4-12,30H,13H2,1-3H3,(H,29,31). The van der Waals surface area contributed by atoms with Crippen molar-refractivity contribution in [3.63, 3.8) is 0 Å². The number of methoxy groups -OCH3 is 2. The SMILES string of the molecule is COc1cccc(N=c2oc3c(C)ncc(CO)c3cc2C(=O)Nc2cc(Cl)ccc2OC)c1. The molecule has 0 fully saturated rings. The van der Waals surface area contributed by atoms with Crippen LogP contribution in [-0.4, -0.2) is 30.2 Å². The van der Waals surface area contributed by atoms with Gasteiger partial charge in [0.15, 0.2) is 5.58 Å². The van der Waals surface area contributed by atoms with Crippen molar-refractivity contribution in [1.82, 2.24) is 4.98 Å². The number of nitrogens with zero attached hydrogens (tertiary/aromatic N) is 2. The van der Waals surface area contributed by atoms with Crippen LogP contribution in [0.5, 0.6) is 11.5 Å². The fourth-order valence-corrected chi connectivity index (χ4v) is 3.60. The average molecular weight is 480 g/mol. The van der Waals surface area contributed by atoms with Gasteiger partial charge in [-0.05, 0) is 43.3 Å². The number of hydrogen-bond donors (Lipinski definition) is 2. The number of pyridine rings is 1. The molecule has 0 bridgehead atoms. The minimum Gasteiger partial charge on any atom is -0.497 e. The van der Waals surface area contributed by atoms with Gasteiger partial charge in [0.25, 0.3) is 5.91 Å². The number of benzene rings is 2. The van der Waals surface area contributed by atoms with E-state index in [2.05, 4.69) is 15.3 Å². The maximum Gasteiger partial charge on any atom is 0.261 e. The molecule has 8 nitrogen and oxygen atoms in total. The Morgan fingerprint density at radius 1 is 1.18 bits per heavy atom. The summed E-state index contributed by atoms with van der Waals surface area (Å²) in [6.07, 6.45) is 1.55. The molecule has 2 aromatic carbocycles. The molecular weight excluding hydrogens is 458 g/mol. The maximum absolute atomic E-state index is 13.4. The quantitative estimate of drug-likeness (QED) is 0.412. The number of amides is 1. The molecule has 0 aliphatic rings. The van der Waals surface area contributed by atoms with Crippen molar-refractivity contribution in [2.75, 3.05) is 19.5 Å². The molecule has 0 aliphatic carbocycles. The highest BCUT2D eigenvalue weighted by molar-refractivity contribution is 6.31. The predicted octanol–water partition coefficient (Wildman–Crippen LogP) is 4.78. The fourth-order valence-electron chi connectivity index (χ4n) is 3.42. The Labute approximate surface area is 200 Å². The first kappa shape index (κ1) is 23.3. The van der Waals surface area contributed by atoms with E-state index in [0.29, 0.717) is 50.1 Å². The van der Waals surface area contributed by atoms with Crippen LogP contribution in [0.2, 0.25) is 5.02 Å². The summed E-state index contributed by atoms with van der Waals surface area (Å²) in [6, 6.07) is 13.6. The van der Waals surface area contributed by atoms with Crippen LogP contribution >= 0.6 is 11.6 Å². The number of aliphatic hydroxyl groups is 1. The van der Waals surface area contributed by atoms with Gasteiger partial charge in [-0.25, -0.2) is 4.99 Å². The molecule has 9 heteroatoms. The number of anilines is 1. The molecule has 34 heavy (non-hydrogen) atoms. The van der Waals surface area contributed by atoms with E-state index in [9.17, 15) is 9.90 Å². The molecule has 0 saturated carbocycles. The smallest absolute Gasteiger partial charge is 0.261 e. The molecule has 2 heterocycles. The summed E-state index contributed by atoms with van der Waals surface area (Å²) in [5.41, 5.74) is 2.67. The summed E-state index contributed by atoms with van der Waals surface area (Å²) < 4.78 is 16.7. The van der Waals surface area contributed by atoms with E-state index in [1.165, 1.54) is 7.11 Å². The van der Waals surface area contributed by atoms with Crippen molar-refractivity contribution < 1.29 is 23.8 Å². The van der Waals surface area contributed by atoms with E-state index in [1.54, 1.807) is 68.8 Å². The van der Waals surface area contributed by atoms with Crippen molar-refractivity contribution in [2.24, 2.45) is 4.99 Å². The minimum absolute atomic E-state index is 0.0687. The molecule has 0 unspecified atom stereocenters. The summed E-state index contributed by atoms with van der Waals surface area (Å²) in [5, 5.41) is 13.6. The number of halogens is 1. The van der Waals surface area contributed by atoms with Crippen LogP contribution in [0.3, 0.4) is 0 Å². The van der Waals surface area contributed by atoms with Crippen LogP contribution in [0.25, 0.3) is 11.0 Å². The van der Waals surface area contributed by atoms with Crippen molar-refractivity contribution >= 4 is 39.9 Å². The Morgan fingerprint density at radius 2 is 2.00 bits per heavy atom. The number of hydrogen-bond acceptors (Lipinski definition) is 7. The molecule has 0 saturated heterocycles. The van der Waals surface area contributed by atoms with Gasteiger partial charge in [0.05, 0.1) is 37.9 Å². The Bertz CT molecular complexity index is 1450. The van der Waals surface area contributed by atoms with Gasteiger partial charge in [-0.3, -0.25) is 9.78 Å². The third kappa shape index (κ3) is 4.73. The number of aliphatic hydroxyl groups excluding tert-OH is 1. The van der Waals surface area contributed by atoms with E-state index >= 15 is 0 Å². The third-order valence-electron chi connectivity index (χ3n) is 5.16. The van der Waals surface area contributed by atoms with E-state index in [1.807, 2.05) is 0 Å². The number of rotatable bonds is 6. The number of aromatic nitrogens is 1. The highest BCUT2D eigenvalue weighted by Gasteiger charge is 2.18. The molecule has 0 spiro atoms. The van der Waals surface area contributed by atoms with Gasteiger partial charge in [-0.15, -0.1) is 0 Å². The average Bonchev–Trinajstić information content (AvgIpc) is 2.84. The van der Waals surface area contributed by atoms with Gasteiger partial charge in [0.2, 0.25) is 5.55 Å². The fraction of sp³-hybridized carbons (Fsp3) is 0.160. The van der Waals surface area contributed by atoms with Gasteiger partial charge >= 0.3 is 0 Å². The number of aryl methyl sites for hydroxylation is 1. The van der Waals surface area contributed by atoms with Crippen LogP contribution in [0.1, 0.15) is 21.6 Å². The maximum atomic E-state index is 13.4. The van der Waals surface area contributed by atoms with Crippen LogP contribution < -0.4 is 20.3 Å². The highest BCUT2D eigenvalue weighted by Crippen LogP contribution is 2.29. The summed E-state index contributed by atoms with van der Waals surface area (Å²) >= 11 is 6.12. The summed E-state index contributed by atoms with van der Waals surface area (Å²) in [4.78, 5) is 22.3. The second kappa shape index (κ2) is 9.94. The van der Waals surface area contributed by atoms with Crippen LogP contribution in [-0.2, 0) is 6.61 Å². The lowest BCUT2D eigenvalue weighted by molar-refractivity contribution is 0.102. The first-order valence-electron chi connectivity index (χ1n) is 10.3. The van der Waals surface area contributed by atoms with Crippen LogP contribution in [0.4, 0.5) is 11.4 Å². The Balaban J connectivity index is 1.93. The summed E-state index contributed by atoms with van der Waals surface area (Å²) in [6.45, 7) is 1.51. The van der Waals surface area contributed by atoms with Crippen molar-refractivity contribution in [3.05, 3.63) is 82.1 Å². The first-order chi connectivity index (χ1) is 16.4. The van der Waals surface area contributed by atoms with E-state index in [4.69, 9.17) is 25.5 Å². The van der Waals surface area contributed by atoms with E-state index in [-0.39, 0.29) is 17.7 Å². The van der Waals surface area contributed by atoms with Crippen molar-refractivity contribution in [2.45, 2.75) is 13.5 Å². The van der Waals surface area contributed by atoms with E-state index < -0.39 is 5.91 Å². The largest absolute Gasteiger partial charge is 0.497 e. The zero-order chi connectivity index (χ0) is 24.2. The number of nitrogens with one attached hydrogen (secondary N) is 1. The lowest BCUT2D eigenvalue weighted by Gasteiger charge is -2.12. The van der Waals surface area contributed by atoms with Gasteiger partial charge in [0.1, 0.15) is 17.1 Å². The van der Waals surface area contributed by atoms with Crippen LogP contribution in [0, 0.1) is 6.92 Å². The van der Waals surface area contributed by atoms with Crippen LogP contribution in [0.15, 0.2) is 64.1 Å². The number of carbonyl (C=O) groups excluding carboxylic acids is 1. The third-order valence-corrected chi connectivity index (χ3v) is 5.39. The molecule has 0 atom stereocenters. The normalized spacial score (nSPS) is 11.5. The van der Waals surface area contributed by atoms with Gasteiger partial charge < -0.3 is 24.3 Å². The molecule has 174 valence electrons. The topological polar surface area (TPSA) is 106 Å². The zero-order valence-corrected chi connectivity index (χ0v) is 19.5. The Kier molecular flexibility index (Phi) is 6.81. The van der Waals surface area contributed by atoms with Crippen molar-refractivity contribution in [1.29, 1.82) is 0 Å². The summed E-state index contributed by atoms with van der Waals surface area (Å²) in [5.74, 6) is 0.557. The minimum atomic E-state index is -0.494. The number of ether oxygens (including phenoxy) is 2. The zero-order valence-electron chi connectivity index (χ0n) is 18.8. The number of carbonyl (C=O) groups is 1. The van der Waals surface area contributed by atoms with Gasteiger partial charge in [0, 0.05) is 28.2 Å². The molecule has 2 N–H and O–H groups in total. The molecule has 2 aromatic heterocycles. The second-order valence-corrected chi connectivity index (χ2v) is 7.78. The molecule has 4 aromatic rings. The Hall–Kier alpha value is -3.88. The summed E-state index contributed by atoms with van der Waals surface area (Å²) in [7, 11) is 3.05. The van der Waals surface area contributed by atoms with Gasteiger partial charge in [-0.1, -0.05) is 17.7 Å². The molecule has 4 rings (SSSR count). The first-order valence-corrected chi connectivity index (χ1v) is 10.7. The Morgan fingerprint density at radius 3 is 2.74 bits per heavy atom. The lowest BCUT2D eigenvalue weighted by Crippen LogP contribution is -2.22. The second-order valence-electron chi connectivity index (χ2n) is 7.35. The van der Waals surface area contributed by atoms with E-state index in [0.717, 1.165) is 0 Å². The monoisotopic (exact) mass is 479 g/mol. The molecule has 0 aliphatic heterocycles. The van der Waals surface area contributed by atoms with Crippen molar-refractivity contribution in [3.8, 4) is 11.5 Å². The number of fused-ring (bicyclic) bond motifs is 1. The van der Waals surface area contributed by atoms with Gasteiger partial charge in [-0.2, -0.15) is 0 Å². The predicted molar refractivity (Wildman–Crippen MR) is 129 cm³/mol. The molecule has 0 radical (unpaired) electrons.